The van der Waals surface area contributed by atoms with Crippen LogP contribution in [0.25, 0.3) is 11.0 Å². The minimum Gasteiger partial charge on any atom is -0.395 e. The van der Waals surface area contributed by atoms with Crippen LogP contribution in [0.1, 0.15) is 0 Å². The number of para-hydroxylation sites is 1. The first kappa shape index (κ1) is 16.7. The zero-order chi connectivity index (χ0) is 17.9. The summed E-state index contributed by atoms with van der Waals surface area (Å²) < 4.78 is 1.78. The predicted octanol–water partition coefficient (Wildman–Crippen LogP) is 1.22. The molecule has 0 unspecified atom stereocenters. The van der Waals surface area contributed by atoms with Crippen LogP contribution in [0.2, 0.25) is 0 Å². The molecule has 0 bridgehead atoms. The third kappa shape index (κ3) is 3.33. The zero-order valence-corrected chi connectivity index (χ0v) is 14.8. The van der Waals surface area contributed by atoms with E-state index in [0.29, 0.717) is 5.95 Å². The molecule has 136 valence electrons. The highest BCUT2D eigenvalue weighted by molar-refractivity contribution is 5.89. The number of nitrogens with zero attached hydrogens (tertiary/aromatic N) is 6. The average Bonchev–Trinajstić information content (AvgIpc) is 3.05. The molecule has 2 N–H and O–H groups in total. The molecule has 8 nitrogen and oxygen atoms in total. The lowest BCUT2D eigenvalue weighted by atomic mass is 10.3. The highest BCUT2D eigenvalue weighted by atomic mass is 16.3. The molecule has 0 spiro atoms. The molecule has 0 saturated carbocycles. The van der Waals surface area contributed by atoms with Gasteiger partial charge in [0.05, 0.1) is 18.2 Å². The fourth-order valence-electron chi connectivity index (χ4n) is 3.22. The first-order valence-corrected chi connectivity index (χ1v) is 8.84. The van der Waals surface area contributed by atoms with E-state index >= 15 is 0 Å². The zero-order valence-electron chi connectivity index (χ0n) is 14.8. The summed E-state index contributed by atoms with van der Waals surface area (Å²) in [6.07, 6.45) is 1.80. The van der Waals surface area contributed by atoms with Crippen molar-refractivity contribution < 1.29 is 5.11 Å². The number of aryl methyl sites for hydroxylation is 1. The minimum atomic E-state index is 0.197. The lowest BCUT2D eigenvalue weighted by Crippen LogP contribution is -2.47. The van der Waals surface area contributed by atoms with Crippen LogP contribution in [0.15, 0.2) is 36.5 Å². The maximum absolute atomic E-state index is 9.11. The quantitative estimate of drug-likeness (QED) is 0.714. The summed E-state index contributed by atoms with van der Waals surface area (Å²) in [5.41, 5.74) is 1.79. The molecule has 0 atom stereocenters. The number of benzene rings is 1. The molecule has 0 amide bonds. The molecule has 2 aromatic heterocycles. The van der Waals surface area contributed by atoms with Crippen LogP contribution < -0.4 is 10.2 Å². The van der Waals surface area contributed by atoms with Gasteiger partial charge in [0.25, 0.3) is 0 Å². The molecule has 26 heavy (non-hydrogen) atoms. The van der Waals surface area contributed by atoms with Crippen molar-refractivity contribution in [1.82, 2.24) is 24.6 Å². The number of hydrogen-bond acceptors (Lipinski definition) is 7. The number of nitrogens with one attached hydrogen (secondary N) is 1. The summed E-state index contributed by atoms with van der Waals surface area (Å²) >= 11 is 0. The summed E-state index contributed by atoms with van der Waals surface area (Å²) in [7, 11) is 1.89. The first-order valence-electron chi connectivity index (χ1n) is 8.84. The molecule has 4 rings (SSSR count). The van der Waals surface area contributed by atoms with E-state index in [4.69, 9.17) is 15.1 Å². The highest BCUT2D eigenvalue weighted by Gasteiger charge is 2.21. The van der Waals surface area contributed by atoms with Crippen molar-refractivity contribution in [2.45, 2.75) is 0 Å². The molecule has 1 fully saturated rings. The van der Waals surface area contributed by atoms with E-state index in [1.807, 2.05) is 37.4 Å². The van der Waals surface area contributed by atoms with Crippen molar-refractivity contribution in [2.75, 3.05) is 49.5 Å². The summed E-state index contributed by atoms with van der Waals surface area (Å²) in [6.45, 7) is 4.39. The van der Waals surface area contributed by atoms with Crippen molar-refractivity contribution in [2.24, 2.45) is 7.05 Å². The molecule has 1 aromatic carbocycles. The van der Waals surface area contributed by atoms with Gasteiger partial charge in [-0.15, -0.1) is 0 Å². The van der Waals surface area contributed by atoms with Gasteiger partial charge in [0.15, 0.2) is 5.65 Å². The highest BCUT2D eigenvalue weighted by Crippen LogP contribution is 2.26. The van der Waals surface area contributed by atoms with E-state index < -0.39 is 0 Å². The summed E-state index contributed by atoms with van der Waals surface area (Å²) in [4.78, 5) is 14.0. The van der Waals surface area contributed by atoms with Crippen LogP contribution >= 0.6 is 0 Å². The maximum Gasteiger partial charge on any atom is 0.229 e. The molecular weight excluding hydrogens is 330 g/mol. The Balaban J connectivity index is 1.64. The number of fused-ring (bicyclic) bond motifs is 1. The van der Waals surface area contributed by atoms with Crippen LogP contribution in [0.4, 0.5) is 17.5 Å². The van der Waals surface area contributed by atoms with Gasteiger partial charge >= 0.3 is 0 Å². The average molecular weight is 353 g/mol. The molecule has 3 aromatic rings. The fraction of sp³-hybridized carbons (Fsp3) is 0.389. The lowest BCUT2D eigenvalue weighted by Gasteiger charge is -2.34. The number of aliphatic hydroxyl groups is 1. The van der Waals surface area contributed by atoms with Crippen molar-refractivity contribution in [3.63, 3.8) is 0 Å². The molecule has 0 radical (unpaired) electrons. The second kappa shape index (κ2) is 7.27. The van der Waals surface area contributed by atoms with Gasteiger partial charge in [0.1, 0.15) is 5.82 Å². The van der Waals surface area contributed by atoms with Crippen LogP contribution in [0.5, 0.6) is 0 Å². The molecule has 1 saturated heterocycles. The molecule has 1 aliphatic heterocycles. The van der Waals surface area contributed by atoms with E-state index in [1.165, 1.54) is 0 Å². The van der Waals surface area contributed by atoms with Crippen LogP contribution in [0, 0.1) is 0 Å². The van der Waals surface area contributed by atoms with Crippen molar-refractivity contribution in [3.05, 3.63) is 36.5 Å². The van der Waals surface area contributed by atoms with E-state index in [0.717, 1.165) is 55.3 Å². The second-order valence-electron chi connectivity index (χ2n) is 6.42. The van der Waals surface area contributed by atoms with Gasteiger partial charge in [-0.2, -0.15) is 15.1 Å². The number of piperazine rings is 1. The van der Waals surface area contributed by atoms with E-state index in [1.54, 1.807) is 10.9 Å². The number of rotatable bonds is 5. The SMILES string of the molecule is Cn1ncc2c(Nc3ccccc3)nc(N3CCN(CCO)CC3)nc21. The Morgan fingerprint density at radius 3 is 2.58 bits per heavy atom. The van der Waals surface area contributed by atoms with Gasteiger partial charge < -0.3 is 15.3 Å². The Kier molecular flexibility index (Phi) is 4.68. The van der Waals surface area contributed by atoms with E-state index in [9.17, 15) is 0 Å². The van der Waals surface area contributed by atoms with Crippen molar-refractivity contribution in [3.8, 4) is 0 Å². The topological polar surface area (TPSA) is 82.3 Å². The van der Waals surface area contributed by atoms with Gasteiger partial charge in [-0.05, 0) is 12.1 Å². The monoisotopic (exact) mass is 353 g/mol. The van der Waals surface area contributed by atoms with Crippen molar-refractivity contribution >= 4 is 28.5 Å². The number of aromatic nitrogens is 4. The number of aliphatic hydroxyl groups excluding tert-OH is 1. The fourth-order valence-corrected chi connectivity index (χ4v) is 3.22. The normalized spacial score (nSPS) is 15.5. The molecule has 3 heterocycles. The maximum atomic E-state index is 9.11. The largest absolute Gasteiger partial charge is 0.395 e. The summed E-state index contributed by atoms with van der Waals surface area (Å²) in [5, 5.41) is 17.7. The van der Waals surface area contributed by atoms with E-state index in [-0.39, 0.29) is 6.61 Å². The van der Waals surface area contributed by atoms with Gasteiger partial charge in [0.2, 0.25) is 5.95 Å². The van der Waals surface area contributed by atoms with Crippen molar-refractivity contribution in [1.29, 1.82) is 0 Å². The Morgan fingerprint density at radius 2 is 1.85 bits per heavy atom. The third-order valence-corrected chi connectivity index (χ3v) is 4.69. The van der Waals surface area contributed by atoms with Gasteiger partial charge in [0, 0.05) is 45.5 Å². The Bertz CT molecular complexity index is 872. The van der Waals surface area contributed by atoms with Gasteiger partial charge in [-0.25, -0.2) is 0 Å². The number of anilines is 3. The molecule has 0 aliphatic carbocycles. The lowest BCUT2D eigenvalue weighted by molar-refractivity contribution is 0.188. The third-order valence-electron chi connectivity index (χ3n) is 4.69. The van der Waals surface area contributed by atoms with Gasteiger partial charge in [-0.1, -0.05) is 18.2 Å². The summed E-state index contributed by atoms with van der Waals surface area (Å²) in [6, 6.07) is 9.99. The standard InChI is InChI=1S/C18H23N7O/c1-23-17-15(13-19-23)16(20-14-5-3-2-4-6-14)21-18(22-17)25-9-7-24(8-10-25)11-12-26/h2-6,13,26H,7-12H2,1H3,(H,20,21,22). The van der Waals surface area contributed by atoms with Gasteiger partial charge in [-0.3, -0.25) is 9.58 Å². The summed E-state index contributed by atoms with van der Waals surface area (Å²) in [5.74, 6) is 1.48. The Hall–Kier alpha value is -2.71. The van der Waals surface area contributed by atoms with Crippen LogP contribution in [-0.4, -0.2) is 69.1 Å². The molecule has 8 heteroatoms. The van der Waals surface area contributed by atoms with E-state index in [2.05, 4.69) is 20.2 Å². The Labute approximate surface area is 152 Å². The van der Waals surface area contributed by atoms with Crippen LogP contribution in [-0.2, 0) is 7.05 Å². The number of hydrogen-bond donors (Lipinski definition) is 2. The second-order valence-corrected chi connectivity index (χ2v) is 6.42. The first-order chi connectivity index (χ1) is 12.7. The molecular formula is C18H23N7O. The minimum absolute atomic E-state index is 0.197. The van der Waals surface area contributed by atoms with Crippen LogP contribution in [0.3, 0.4) is 0 Å². The predicted molar refractivity (Wildman–Crippen MR) is 102 cm³/mol. The smallest absolute Gasteiger partial charge is 0.229 e. The molecule has 1 aliphatic rings. The number of β-amino-alcohol motifs (C(OH)–C–C–N with tert-alkyl or cyclic N) is 1. The Morgan fingerprint density at radius 1 is 1.08 bits per heavy atom.